The quantitative estimate of drug-likeness (QED) is 0.854. The molecule has 23 heavy (non-hydrogen) atoms. The summed E-state index contributed by atoms with van der Waals surface area (Å²) < 4.78 is 2.21. The van der Waals surface area contributed by atoms with Crippen LogP contribution >= 0.6 is 11.9 Å². The molecular weight excluding hydrogens is 312 g/mol. The van der Waals surface area contributed by atoms with E-state index in [2.05, 4.69) is 4.31 Å². The standard InChI is InChI=1S/C15H20N2O3S.C2H6/c1-11(2)14(18)16-7-9-17(10-8-16)21-13-5-3-12(4-6-13)15(19)20;1-2/h3-6,11H,7-10H2,1-2H3,(H,19,20);1-2H3. The van der Waals surface area contributed by atoms with Crippen LogP contribution in [0.3, 0.4) is 0 Å². The highest BCUT2D eigenvalue weighted by Crippen LogP contribution is 2.24. The summed E-state index contributed by atoms with van der Waals surface area (Å²) in [6.45, 7) is 11.0. The van der Waals surface area contributed by atoms with Gasteiger partial charge in [0.1, 0.15) is 0 Å². The maximum Gasteiger partial charge on any atom is 0.335 e. The minimum Gasteiger partial charge on any atom is -0.478 e. The molecule has 1 fully saturated rings. The summed E-state index contributed by atoms with van der Waals surface area (Å²) in [5, 5.41) is 8.87. The Kier molecular flexibility index (Phi) is 8.12. The highest BCUT2D eigenvalue weighted by atomic mass is 32.2. The van der Waals surface area contributed by atoms with Crippen molar-refractivity contribution < 1.29 is 14.7 Å². The maximum atomic E-state index is 11.9. The first kappa shape index (κ1) is 19.5. The van der Waals surface area contributed by atoms with Crippen LogP contribution in [0.25, 0.3) is 0 Å². The zero-order valence-electron chi connectivity index (χ0n) is 14.3. The van der Waals surface area contributed by atoms with Crippen molar-refractivity contribution in [2.45, 2.75) is 32.6 Å². The summed E-state index contributed by atoms with van der Waals surface area (Å²) >= 11 is 1.61. The largest absolute Gasteiger partial charge is 0.478 e. The second kappa shape index (κ2) is 9.57. The van der Waals surface area contributed by atoms with Gasteiger partial charge >= 0.3 is 5.97 Å². The number of carboxylic acids is 1. The second-order valence-corrected chi connectivity index (χ2v) is 6.50. The van der Waals surface area contributed by atoms with E-state index in [4.69, 9.17) is 5.11 Å². The van der Waals surface area contributed by atoms with E-state index in [1.807, 2.05) is 44.7 Å². The molecule has 0 atom stereocenters. The minimum atomic E-state index is -0.910. The van der Waals surface area contributed by atoms with E-state index < -0.39 is 5.97 Å². The van der Waals surface area contributed by atoms with Crippen LogP contribution < -0.4 is 0 Å². The molecule has 1 heterocycles. The van der Waals surface area contributed by atoms with E-state index in [9.17, 15) is 9.59 Å². The molecule has 1 aromatic carbocycles. The number of piperazine rings is 1. The molecule has 0 aliphatic carbocycles. The number of hydrogen-bond donors (Lipinski definition) is 1. The molecule has 2 rings (SSSR count). The van der Waals surface area contributed by atoms with Gasteiger partial charge in [-0.25, -0.2) is 9.10 Å². The number of rotatable bonds is 4. The average molecular weight is 338 g/mol. The van der Waals surface area contributed by atoms with E-state index in [-0.39, 0.29) is 11.8 Å². The lowest BCUT2D eigenvalue weighted by atomic mass is 10.2. The number of nitrogens with zero attached hydrogens (tertiary/aromatic N) is 2. The van der Waals surface area contributed by atoms with Crippen LogP contribution in [0.15, 0.2) is 29.2 Å². The number of carbonyl (C=O) groups excluding carboxylic acids is 1. The summed E-state index contributed by atoms with van der Waals surface area (Å²) in [6.07, 6.45) is 0. The molecule has 1 aliphatic rings. The molecular formula is C17H26N2O3S. The predicted molar refractivity (Wildman–Crippen MR) is 93.6 cm³/mol. The van der Waals surface area contributed by atoms with Crippen LogP contribution in [-0.4, -0.2) is 52.4 Å². The first-order chi connectivity index (χ1) is 11.0. The number of benzene rings is 1. The molecule has 6 heteroatoms. The molecule has 0 aromatic heterocycles. The fraction of sp³-hybridized carbons (Fsp3) is 0.529. The SMILES string of the molecule is CC.CC(C)C(=O)N1CCN(Sc2ccc(C(=O)O)cc2)CC1. The Balaban J connectivity index is 0.00000127. The molecule has 0 radical (unpaired) electrons. The van der Waals surface area contributed by atoms with Gasteiger partial charge in [0.15, 0.2) is 0 Å². The normalized spacial score (nSPS) is 15.1. The Hall–Kier alpha value is -1.53. The van der Waals surface area contributed by atoms with Crippen LogP contribution in [0.1, 0.15) is 38.1 Å². The Morgan fingerprint density at radius 2 is 1.57 bits per heavy atom. The molecule has 0 spiro atoms. The number of hydrogen-bond acceptors (Lipinski definition) is 4. The van der Waals surface area contributed by atoms with E-state index >= 15 is 0 Å². The first-order valence-corrected chi connectivity index (χ1v) is 8.80. The van der Waals surface area contributed by atoms with Crippen molar-refractivity contribution in [1.29, 1.82) is 0 Å². The van der Waals surface area contributed by atoms with Gasteiger partial charge in [0.25, 0.3) is 0 Å². The van der Waals surface area contributed by atoms with Crippen molar-refractivity contribution >= 4 is 23.8 Å². The van der Waals surface area contributed by atoms with Gasteiger partial charge in [-0.3, -0.25) is 4.79 Å². The summed E-state index contributed by atoms with van der Waals surface area (Å²) in [4.78, 5) is 25.6. The summed E-state index contributed by atoms with van der Waals surface area (Å²) in [7, 11) is 0. The Bertz CT molecular complexity index is 509. The van der Waals surface area contributed by atoms with Crippen molar-refractivity contribution in [3.8, 4) is 0 Å². The third kappa shape index (κ3) is 5.88. The zero-order valence-corrected chi connectivity index (χ0v) is 15.1. The first-order valence-electron chi connectivity index (χ1n) is 8.02. The van der Waals surface area contributed by atoms with Crippen molar-refractivity contribution in [2.75, 3.05) is 26.2 Å². The van der Waals surface area contributed by atoms with Crippen LogP contribution in [0, 0.1) is 5.92 Å². The van der Waals surface area contributed by atoms with Crippen molar-refractivity contribution in [2.24, 2.45) is 5.92 Å². The van der Waals surface area contributed by atoms with Crippen molar-refractivity contribution in [1.82, 2.24) is 9.21 Å². The monoisotopic (exact) mass is 338 g/mol. The highest BCUT2D eigenvalue weighted by Gasteiger charge is 2.23. The minimum absolute atomic E-state index is 0.0489. The van der Waals surface area contributed by atoms with E-state index in [0.717, 1.165) is 31.1 Å². The third-order valence-electron chi connectivity index (χ3n) is 3.38. The lowest BCUT2D eigenvalue weighted by molar-refractivity contribution is -0.135. The van der Waals surface area contributed by atoms with Gasteiger partial charge in [-0.05, 0) is 36.2 Å². The summed E-state index contributed by atoms with van der Waals surface area (Å²) in [6, 6.07) is 6.87. The van der Waals surface area contributed by atoms with Crippen molar-refractivity contribution in [3.05, 3.63) is 29.8 Å². The number of amides is 1. The van der Waals surface area contributed by atoms with Crippen LogP contribution in [0.4, 0.5) is 0 Å². The predicted octanol–water partition coefficient (Wildman–Crippen LogP) is 3.22. The number of carboxylic acid groups (broad SMARTS) is 1. The molecule has 1 aliphatic heterocycles. The van der Waals surface area contributed by atoms with E-state index in [0.29, 0.717) is 5.56 Å². The van der Waals surface area contributed by atoms with Crippen LogP contribution in [0.5, 0.6) is 0 Å². The van der Waals surface area contributed by atoms with Gasteiger partial charge in [-0.15, -0.1) is 0 Å². The molecule has 1 amide bonds. The lowest BCUT2D eigenvalue weighted by Crippen LogP contribution is -2.47. The summed E-state index contributed by atoms with van der Waals surface area (Å²) in [5.74, 6) is -0.648. The molecule has 0 saturated carbocycles. The molecule has 1 N–H and O–H groups in total. The Morgan fingerprint density at radius 1 is 1.04 bits per heavy atom. The number of carbonyl (C=O) groups is 2. The fourth-order valence-corrected chi connectivity index (χ4v) is 3.07. The Morgan fingerprint density at radius 3 is 2.00 bits per heavy atom. The van der Waals surface area contributed by atoms with Gasteiger partial charge in [0.2, 0.25) is 5.91 Å². The van der Waals surface area contributed by atoms with Gasteiger partial charge in [-0.2, -0.15) is 0 Å². The average Bonchev–Trinajstić information content (AvgIpc) is 2.57. The number of aromatic carboxylic acids is 1. The van der Waals surface area contributed by atoms with Gasteiger partial charge in [-0.1, -0.05) is 27.7 Å². The highest BCUT2D eigenvalue weighted by molar-refractivity contribution is 7.97. The molecule has 5 nitrogen and oxygen atoms in total. The molecule has 1 aromatic rings. The molecule has 128 valence electrons. The second-order valence-electron chi connectivity index (χ2n) is 5.33. The van der Waals surface area contributed by atoms with Crippen LogP contribution in [0.2, 0.25) is 0 Å². The van der Waals surface area contributed by atoms with Gasteiger partial charge in [0.05, 0.1) is 5.56 Å². The maximum absolute atomic E-state index is 11.9. The van der Waals surface area contributed by atoms with Crippen molar-refractivity contribution in [3.63, 3.8) is 0 Å². The molecule has 1 saturated heterocycles. The lowest BCUT2D eigenvalue weighted by Gasteiger charge is -2.34. The van der Waals surface area contributed by atoms with Crippen LogP contribution in [-0.2, 0) is 4.79 Å². The smallest absolute Gasteiger partial charge is 0.335 e. The van der Waals surface area contributed by atoms with E-state index in [1.165, 1.54) is 0 Å². The fourth-order valence-electron chi connectivity index (χ4n) is 2.17. The third-order valence-corrected chi connectivity index (χ3v) is 4.49. The Labute approximate surface area is 142 Å². The molecule has 0 unspecified atom stereocenters. The summed E-state index contributed by atoms with van der Waals surface area (Å²) in [5.41, 5.74) is 0.298. The molecule has 0 bridgehead atoms. The van der Waals surface area contributed by atoms with Gasteiger partial charge in [0, 0.05) is 37.0 Å². The zero-order chi connectivity index (χ0) is 17.4. The van der Waals surface area contributed by atoms with Gasteiger partial charge < -0.3 is 10.0 Å². The van der Waals surface area contributed by atoms with E-state index in [1.54, 1.807) is 24.1 Å². The topological polar surface area (TPSA) is 60.9 Å².